The molecular weight excluding hydrogens is 332 g/mol. The summed E-state index contributed by atoms with van der Waals surface area (Å²) in [6.07, 6.45) is 0. The van der Waals surface area contributed by atoms with Crippen molar-refractivity contribution < 1.29 is 9.53 Å². The number of ether oxygens (including phenoxy) is 1. The fourth-order valence-corrected chi connectivity index (χ4v) is 2.30. The van der Waals surface area contributed by atoms with Crippen LogP contribution in [0.3, 0.4) is 0 Å². The average Bonchev–Trinajstić information content (AvgIpc) is 2.64. The zero-order chi connectivity index (χ0) is 21.3. The molecule has 0 N–H and O–H groups in total. The second-order valence-corrected chi connectivity index (χ2v) is 7.99. The molecule has 0 aliphatic carbocycles. The Kier molecular flexibility index (Phi) is 10.1. The molecule has 0 heterocycles. The molecule has 150 valence electrons. The number of carbonyl (C=O) groups excluding carboxylic acids is 1. The van der Waals surface area contributed by atoms with Gasteiger partial charge in [0.15, 0.2) is 0 Å². The number of benzene rings is 2. The van der Waals surface area contributed by atoms with E-state index in [0.29, 0.717) is 11.3 Å². The Morgan fingerprint density at radius 1 is 0.630 bits per heavy atom. The second kappa shape index (κ2) is 10.9. The molecule has 0 aromatic heterocycles. The molecule has 2 aromatic carbocycles. The Balaban J connectivity index is 0.00000158. The van der Waals surface area contributed by atoms with E-state index < -0.39 is 0 Å². The van der Waals surface area contributed by atoms with Crippen molar-refractivity contribution >= 4 is 5.97 Å². The van der Waals surface area contributed by atoms with Crippen molar-refractivity contribution in [2.24, 2.45) is 0 Å². The molecule has 0 spiro atoms. The molecule has 2 nitrogen and oxygen atoms in total. The minimum absolute atomic E-state index is 0.0746. The normalized spacial score (nSPS) is 10.7. The van der Waals surface area contributed by atoms with Crippen molar-refractivity contribution in [1.29, 1.82) is 0 Å². The van der Waals surface area contributed by atoms with E-state index in [-0.39, 0.29) is 16.8 Å². The molecule has 2 heteroatoms. The minimum atomic E-state index is -0.325. The first-order valence-corrected chi connectivity index (χ1v) is 10.0. The van der Waals surface area contributed by atoms with Crippen molar-refractivity contribution in [2.75, 3.05) is 0 Å². The molecule has 0 bridgehead atoms. The zero-order valence-electron chi connectivity index (χ0n) is 18.9. The first-order chi connectivity index (χ1) is 12.6. The maximum Gasteiger partial charge on any atom is 0.343 e. The Morgan fingerprint density at radius 3 is 1.30 bits per heavy atom. The van der Waals surface area contributed by atoms with Crippen LogP contribution in [0.1, 0.15) is 90.7 Å². The molecule has 0 amide bonds. The highest BCUT2D eigenvalue weighted by molar-refractivity contribution is 5.91. The molecule has 0 radical (unpaired) electrons. The van der Waals surface area contributed by atoms with E-state index in [1.165, 1.54) is 11.1 Å². The lowest BCUT2D eigenvalue weighted by atomic mass is 9.87. The van der Waals surface area contributed by atoms with Gasteiger partial charge in [-0.25, -0.2) is 4.79 Å². The van der Waals surface area contributed by atoms with Gasteiger partial charge in [0.05, 0.1) is 5.56 Å². The summed E-state index contributed by atoms with van der Waals surface area (Å²) in [5.74, 6) is 0.247. The molecule has 0 unspecified atom stereocenters. The van der Waals surface area contributed by atoms with E-state index in [2.05, 4.69) is 41.5 Å². The van der Waals surface area contributed by atoms with Gasteiger partial charge in [0.25, 0.3) is 0 Å². The number of rotatable bonds is 2. The Bertz CT molecular complexity index is 666. The van der Waals surface area contributed by atoms with Gasteiger partial charge in [-0.2, -0.15) is 0 Å². The smallest absolute Gasteiger partial charge is 0.343 e. The third-order valence-electron chi connectivity index (χ3n) is 3.92. The zero-order valence-corrected chi connectivity index (χ0v) is 18.9. The largest absolute Gasteiger partial charge is 0.423 e. The predicted octanol–water partition coefficient (Wildman–Crippen LogP) is 7.55. The summed E-state index contributed by atoms with van der Waals surface area (Å²) in [7, 11) is 0. The van der Waals surface area contributed by atoms with E-state index in [1.54, 1.807) is 0 Å². The van der Waals surface area contributed by atoms with Gasteiger partial charge in [-0.15, -0.1) is 0 Å². The summed E-state index contributed by atoms with van der Waals surface area (Å²) in [4.78, 5) is 12.2. The van der Waals surface area contributed by atoms with Gasteiger partial charge in [0.2, 0.25) is 0 Å². The van der Waals surface area contributed by atoms with Crippen LogP contribution in [0.25, 0.3) is 0 Å². The summed E-state index contributed by atoms with van der Waals surface area (Å²) >= 11 is 0. The van der Waals surface area contributed by atoms with Gasteiger partial charge in [-0.1, -0.05) is 93.5 Å². The molecule has 0 atom stereocenters. The summed E-state index contributed by atoms with van der Waals surface area (Å²) in [5.41, 5.74) is 3.14. The van der Waals surface area contributed by atoms with Crippen LogP contribution in [-0.4, -0.2) is 5.97 Å². The molecule has 0 fully saturated rings. The topological polar surface area (TPSA) is 26.3 Å². The van der Waals surface area contributed by atoms with E-state index in [4.69, 9.17) is 4.74 Å². The van der Waals surface area contributed by atoms with Crippen LogP contribution in [-0.2, 0) is 10.8 Å². The molecule has 0 saturated carbocycles. The van der Waals surface area contributed by atoms with Crippen LogP contribution in [0, 0.1) is 0 Å². The standard InChI is InChI=1S/C21H26O2.2C2H6/c1-20(2,3)16-9-7-15(8-10-16)19(22)23-18-13-11-17(12-14-18)21(4,5)6;2*1-2/h7-14H,1-6H3;2*1-2H3. The van der Waals surface area contributed by atoms with Crippen LogP contribution >= 0.6 is 0 Å². The van der Waals surface area contributed by atoms with E-state index in [9.17, 15) is 4.79 Å². The maximum absolute atomic E-state index is 12.2. The number of hydrogen-bond donors (Lipinski definition) is 0. The average molecular weight is 371 g/mol. The lowest BCUT2D eigenvalue weighted by molar-refractivity contribution is 0.0734. The van der Waals surface area contributed by atoms with Gasteiger partial charge >= 0.3 is 5.97 Å². The summed E-state index contributed by atoms with van der Waals surface area (Å²) in [6, 6.07) is 15.3. The third-order valence-corrected chi connectivity index (χ3v) is 3.92. The van der Waals surface area contributed by atoms with Crippen molar-refractivity contribution in [3.05, 3.63) is 65.2 Å². The van der Waals surface area contributed by atoms with E-state index >= 15 is 0 Å². The molecule has 2 rings (SSSR count). The number of carbonyl (C=O) groups is 1. The summed E-state index contributed by atoms with van der Waals surface area (Å²) in [5, 5.41) is 0. The van der Waals surface area contributed by atoms with Gasteiger partial charge < -0.3 is 4.74 Å². The second-order valence-electron chi connectivity index (χ2n) is 7.99. The highest BCUT2D eigenvalue weighted by Gasteiger charge is 2.16. The highest BCUT2D eigenvalue weighted by Crippen LogP contribution is 2.25. The number of esters is 1. The van der Waals surface area contributed by atoms with Crippen molar-refractivity contribution in [3.63, 3.8) is 0 Å². The Labute approximate surface area is 167 Å². The molecular formula is C25H38O2. The van der Waals surface area contributed by atoms with Crippen LogP contribution < -0.4 is 4.74 Å². The van der Waals surface area contributed by atoms with E-state index in [1.807, 2.05) is 76.2 Å². The minimum Gasteiger partial charge on any atom is -0.423 e. The molecule has 0 aliphatic rings. The summed E-state index contributed by atoms with van der Waals surface area (Å²) in [6.45, 7) is 20.9. The molecule has 0 aliphatic heterocycles. The van der Waals surface area contributed by atoms with Crippen molar-refractivity contribution in [3.8, 4) is 5.75 Å². The predicted molar refractivity (Wildman–Crippen MR) is 118 cm³/mol. The van der Waals surface area contributed by atoms with E-state index in [0.717, 1.165) is 0 Å². The Hall–Kier alpha value is -2.09. The summed E-state index contributed by atoms with van der Waals surface area (Å²) < 4.78 is 5.45. The Morgan fingerprint density at radius 2 is 0.963 bits per heavy atom. The molecule has 0 saturated heterocycles. The van der Waals surface area contributed by atoms with Gasteiger partial charge in [0.1, 0.15) is 5.75 Å². The van der Waals surface area contributed by atoms with Gasteiger partial charge in [-0.3, -0.25) is 0 Å². The monoisotopic (exact) mass is 370 g/mol. The van der Waals surface area contributed by atoms with Crippen molar-refractivity contribution in [2.45, 2.75) is 80.1 Å². The van der Waals surface area contributed by atoms with Crippen molar-refractivity contribution in [1.82, 2.24) is 0 Å². The first-order valence-electron chi connectivity index (χ1n) is 10.0. The maximum atomic E-state index is 12.2. The number of hydrogen-bond acceptors (Lipinski definition) is 2. The van der Waals surface area contributed by atoms with Gasteiger partial charge in [-0.05, 0) is 46.2 Å². The lowest BCUT2D eigenvalue weighted by Gasteiger charge is -2.19. The first kappa shape index (κ1) is 24.9. The van der Waals surface area contributed by atoms with Crippen LogP contribution in [0.5, 0.6) is 5.75 Å². The molecule has 2 aromatic rings. The molecule has 27 heavy (non-hydrogen) atoms. The quantitative estimate of drug-likeness (QED) is 0.403. The lowest BCUT2D eigenvalue weighted by Crippen LogP contribution is -2.13. The third kappa shape index (κ3) is 7.99. The SMILES string of the molecule is CC.CC.CC(C)(C)c1ccc(OC(=O)c2ccc(C(C)(C)C)cc2)cc1. The van der Waals surface area contributed by atoms with Crippen LogP contribution in [0.2, 0.25) is 0 Å². The van der Waals surface area contributed by atoms with Gasteiger partial charge in [0, 0.05) is 0 Å². The fraction of sp³-hybridized carbons (Fsp3) is 0.480. The van der Waals surface area contributed by atoms with Crippen LogP contribution in [0.15, 0.2) is 48.5 Å². The fourth-order valence-electron chi connectivity index (χ4n) is 2.30. The highest BCUT2D eigenvalue weighted by atomic mass is 16.5. The van der Waals surface area contributed by atoms with Crippen LogP contribution in [0.4, 0.5) is 0 Å².